The Hall–Kier alpha value is -2.93. The fourth-order valence-corrected chi connectivity index (χ4v) is 2.84. The Labute approximate surface area is 140 Å². The molecule has 1 fully saturated rings. The van der Waals surface area contributed by atoms with Crippen molar-refractivity contribution in [3.63, 3.8) is 0 Å². The minimum Gasteiger partial charge on any atom is -0.478 e. The SMILES string of the molecule is O=C1NC(=Nc2ccc(C(=O)O)cc2)S/C1=C\c1ccccc1F. The van der Waals surface area contributed by atoms with Gasteiger partial charge in [0, 0.05) is 5.56 Å². The van der Waals surface area contributed by atoms with Gasteiger partial charge in [0.1, 0.15) is 5.82 Å². The van der Waals surface area contributed by atoms with E-state index in [0.717, 1.165) is 11.8 Å². The molecule has 1 aliphatic rings. The second kappa shape index (κ2) is 6.67. The van der Waals surface area contributed by atoms with Crippen LogP contribution in [0, 0.1) is 5.82 Å². The number of benzene rings is 2. The highest BCUT2D eigenvalue weighted by atomic mass is 32.2. The van der Waals surface area contributed by atoms with Gasteiger partial charge in [-0.25, -0.2) is 14.2 Å². The predicted octanol–water partition coefficient (Wildman–Crippen LogP) is 3.42. The molecular weight excluding hydrogens is 331 g/mol. The molecule has 0 radical (unpaired) electrons. The van der Waals surface area contributed by atoms with Crippen molar-refractivity contribution in [2.75, 3.05) is 0 Å². The van der Waals surface area contributed by atoms with Gasteiger partial charge in [-0.05, 0) is 48.2 Å². The monoisotopic (exact) mass is 342 g/mol. The van der Waals surface area contributed by atoms with Crippen LogP contribution in [-0.2, 0) is 4.79 Å². The van der Waals surface area contributed by atoms with Gasteiger partial charge in [-0.3, -0.25) is 4.79 Å². The van der Waals surface area contributed by atoms with Crippen LogP contribution in [-0.4, -0.2) is 22.2 Å². The number of hydrogen-bond acceptors (Lipinski definition) is 4. The third-order valence-corrected chi connectivity index (χ3v) is 4.10. The van der Waals surface area contributed by atoms with Crippen LogP contribution in [0.3, 0.4) is 0 Å². The van der Waals surface area contributed by atoms with E-state index in [2.05, 4.69) is 10.3 Å². The number of carboxylic acid groups (broad SMARTS) is 1. The summed E-state index contributed by atoms with van der Waals surface area (Å²) in [6.07, 6.45) is 1.46. The van der Waals surface area contributed by atoms with E-state index >= 15 is 0 Å². The van der Waals surface area contributed by atoms with E-state index < -0.39 is 11.8 Å². The van der Waals surface area contributed by atoms with Crippen molar-refractivity contribution in [3.05, 3.63) is 70.4 Å². The molecule has 7 heteroatoms. The number of nitrogens with one attached hydrogen (secondary N) is 1. The summed E-state index contributed by atoms with van der Waals surface area (Å²) in [6.45, 7) is 0. The lowest BCUT2D eigenvalue weighted by Gasteiger charge is -1.98. The number of rotatable bonds is 3. The first-order chi connectivity index (χ1) is 11.5. The lowest BCUT2D eigenvalue weighted by molar-refractivity contribution is -0.115. The molecule has 0 aliphatic carbocycles. The summed E-state index contributed by atoms with van der Waals surface area (Å²) in [5, 5.41) is 11.8. The number of aromatic carboxylic acids is 1. The van der Waals surface area contributed by atoms with Crippen molar-refractivity contribution >= 4 is 40.6 Å². The van der Waals surface area contributed by atoms with E-state index in [-0.39, 0.29) is 11.5 Å². The second-order valence-corrected chi connectivity index (χ2v) is 5.89. The Balaban J connectivity index is 1.81. The molecular formula is C17H11FN2O3S. The Morgan fingerprint density at radius 3 is 2.54 bits per heavy atom. The molecule has 1 saturated heterocycles. The molecule has 5 nitrogen and oxygen atoms in total. The number of halogens is 1. The Bertz CT molecular complexity index is 876. The third-order valence-electron chi connectivity index (χ3n) is 3.19. The summed E-state index contributed by atoms with van der Waals surface area (Å²) in [5.41, 5.74) is 0.986. The molecule has 0 saturated carbocycles. The number of thioether (sulfide) groups is 1. The van der Waals surface area contributed by atoms with Gasteiger partial charge in [-0.1, -0.05) is 18.2 Å². The van der Waals surface area contributed by atoms with Crippen LogP contribution in [0.25, 0.3) is 6.08 Å². The molecule has 1 aliphatic heterocycles. The van der Waals surface area contributed by atoms with E-state index in [1.165, 1.54) is 24.3 Å². The molecule has 2 aromatic rings. The molecule has 0 bridgehead atoms. The first kappa shape index (κ1) is 15.9. The minimum absolute atomic E-state index is 0.155. The molecule has 0 atom stereocenters. The van der Waals surface area contributed by atoms with Crippen molar-refractivity contribution in [2.45, 2.75) is 0 Å². The van der Waals surface area contributed by atoms with E-state index in [1.54, 1.807) is 30.3 Å². The van der Waals surface area contributed by atoms with Gasteiger partial charge in [0.2, 0.25) is 0 Å². The molecule has 0 aromatic heterocycles. The highest BCUT2D eigenvalue weighted by Crippen LogP contribution is 2.28. The number of amidine groups is 1. The molecule has 3 rings (SSSR count). The zero-order chi connectivity index (χ0) is 17.1. The highest BCUT2D eigenvalue weighted by Gasteiger charge is 2.24. The maximum atomic E-state index is 13.7. The number of hydrogen-bond donors (Lipinski definition) is 2. The Morgan fingerprint density at radius 2 is 1.88 bits per heavy atom. The lowest BCUT2D eigenvalue weighted by Crippen LogP contribution is -2.19. The highest BCUT2D eigenvalue weighted by molar-refractivity contribution is 8.18. The molecule has 1 heterocycles. The molecule has 24 heavy (non-hydrogen) atoms. The van der Waals surface area contributed by atoms with Crippen molar-refractivity contribution in [1.29, 1.82) is 0 Å². The minimum atomic E-state index is -1.02. The van der Waals surface area contributed by atoms with Crippen LogP contribution in [0.15, 0.2) is 58.4 Å². The average molecular weight is 342 g/mol. The van der Waals surface area contributed by atoms with Gasteiger partial charge in [0.05, 0.1) is 16.2 Å². The second-order valence-electron chi connectivity index (χ2n) is 4.86. The summed E-state index contributed by atoms with van der Waals surface area (Å²) >= 11 is 1.10. The maximum Gasteiger partial charge on any atom is 0.335 e. The van der Waals surface area contributed by atoms with Gasteiger partial charge in [0.25, 0.3) is 5.91 Å². The number of carbonyl (C=O) groups is 2. The van der Waals surface area contributed by atoms with Gasteiger partial charge in [0.15, 0.2) is 5.17 Å². The number of carbonyl (C=O) groups excluding carboxylic acids is 1. The largest absolute Gasteiger partial charge is 0.478 e. The zero-order valence-electron chi connectivity index (χ0n) is 12.2. The summed E-state index contributed by atoms with van der Waals surface area (Å²) in [5.74, 6) is -1.79. The number of amides is 1. The van der Waals surface area contributed by atoms with Crippen molar-refractivity contribution in [1.82, 2.24) is 5.32 Å². The first-order valence-electron chi connectivity index (χ1n) is 6.90. The zero-order valence-corrected chi connectivity index (χ0v) is 13.0. The van der Waals surface area contributed by atoms with Crippen LogP contribution in [0.1, 0.15) is 15.9 Å². The average Bonchev–Trinajstić information content (AvgIpc) is 2.89. The number of aliphatic imine (C=N–C) groups is 1. The van der Waals surface area contributed by atoms with E-state index in [9.17, 15) is 14.0 Å². The molecule has 0 unspecified atom stereocenters. The van der Waals surface area contributed by atoms with Gasteiger partial charge >= 0.3 is 5.97 Å². The van der Waals surface area contributed by atoms with Crippen LogP contribution >= 0.6 is 11.8 Å². The molecule has 2 N–H and O–H groups in total. The normalized spacial score (nSPS) is 17.3. The topological polar surface area (TPSA) is 78.8 Å². The van der Waals surface area contributed by atoms with Crippen molar-refractivity contribution < 1.29 is 19.1 Å². The summed E-state index contributed by atoms with van der Waals surface area (Å²) in [6, 6.07) is 12.1. The van der Waals surface area contributed by atoms with Gasteiger partial charge in [-0.15, -0.1) is 0 Å². The molecule has 2 aromatic carbocycles. The first-order valence-corrected chi connectivity index (χ1v) is 7.72. The number of nitrogens with zero attached hydrogens (tertiary/aromatic N) is 1. The summed E-state index contributed by atoms with van der Waals surface area (Å²) in [4.78, 5) is 27.3. The summed E-state index contributed by atoms with van der Waals surface area (Å²) in [7, 11) is 0. The smallest absolute Gasteiger partial charge is 0.335 e. The fraction of sp³-hybridized carbons (Fsp3) is 0. The predicted molar refractivity (Wildman–Crippen MR) is 90.6 cm³/mol. The van der Waals surface area contributed by atoms with Crippen molar-refractivity contribution in [2.24, 2.45) is 4.99 Å². The van der Waals surface area contributed by atoms with E-state index in [0.29, 0.717) is 21.3 Å². The van der Waals surface area contributed by atoms with E-state index in [4.69, 9.17) is 5.11 Å². The van der Waals surface area contributed by atoms with Crippen LogP contribution in [0.4, 0.5) is 10.1 Å². The van der Waals surface area contributed by atoms with Gasteiger partial charge in [-0.2, -0.15) is 0 Å². The van der Waals surface area contributed by atoms with E-state index in [1.807, 2.05) is 0 Å². The Morgan fingerprint density at radius 1 is 1.17 bits per heavy atom. The molecule has 120 valence electrons. The van der Waals surface area contributed by atoms with Crippen LogP contribution < -0.4 is 5.32 Å². The maximum absolute atomic E-state index is 13.7. The quantitative estimate of drug-likeness (QED) is 0.838. The number of carboxylic acids is 1. The van der Waals surface area contributed by atoms with Crippen LogP contribution in [0.5, 0.6) is 0 Å². The van der Waals surface area contributed by atoms with Crippen molar-refractivity contribution in [3.8, 4) is 0 Å². The third kappa shape index (κ3) is 3.52. The molecule has 0 spiro atoms. The van der Waals surface area contributed by atoms with Crippen LogP contribution in [0.2, 0.25) is 0 Å². The Kier molecular flexibility index (Phi) is 4.43. The lowest BCUT2D eigenvalue weighted by atomic mass is 10.2. The summed E-state index contributed by atoms with van der Waals surface area (Å²) < 4.78 is 13.7. The fourth-order valence-electron chi connectivity index (χ4n) is 2.01. The standard InChI is InChI=1S/C17H11FN2O3S/c18-13-4-2-1-3-11(13)9-14-15(21)20-17(24-14)19-12-7-5-10(6-8-12)16(22)23/h1-9H,(H,22,23)(H,19,20,21)/b14-9-. The van der Waals surface area contributed by atoms with Gasteiger partial charge < -0.3 is 10.4 Å². The molecule has 1 amide bonds.